The SMILES string of the molecule is COC(=O)c1cc(-c2csc(NC(=O)c3ccc(Oc4cccnc4)cc3)n2)c[nH]1. The van der Waals surface area contributed by atoms with Crippen molar-refractivity contribution in [3.63, 3.8) is 0 Å². The zero-order valence-corrected chi connectivity index (χ0v) is 16.6. The second kappa shape index (κ2) is 8.58. The minimum atomic E-state index is -0.457. The average molecular weight is 420 g/mol. The van der Waals surface area contributed by atoms with Crippen LogP contribution in [0.25, 0.3) is 11.3 Å². The molecule has 9 heteroatoms. The summed E-state index contributed by atoms with van der Waals surface area (Å²) in [6.07, 6.45) is 4.94. The molecule has 3 heterocycles. The van der Waals surface area contributed by atoms with Crippen molar-refractivity contribution in [2.45, 2.75) is 0 Å². The summed E-state index contributed by atoms with van der Waals surface area (Å²) in [5.41, 5.74) is 2.17. The second-order valence-electron chi connectivity index (χ2n) is 6.10. The highest BCUT2D eigenvalue weighted by molar-refractivity contribution is 7.14. The number of carbonyl (C=O) groups is 2. The fourth-order valence-electron chi connectivity index (χ4n) is 2.62. The van der Waals surface area contributed by atoms with E-state index in [2.05, 4.69) is 25.0 Å². The lowest BCUT2D eigenvalue weighted by Crippen LogP contribution is -2.11. The fraction of sp³-hybridized carbons (Fsp3) is 0.0476. The fourth-order valence-corrected chi connectivity index (χ4v) is 3.34. The van der Waals surface area contributed by atoms with Crippen LogP contribution in [0.15, 0.2) is 66.4 Å². The quantitative estimate of drug-likeness (QED) is 0.449. The first-order valence-electron chi connectivity index (χ1n) is 8.84. The number of anilines is 1. The van der Waals surface area contributed by atoms with Crippen LogP contribution in [0, 0.1) is 0 Å². The Balaban J connectivity index is 1.40. The normalized spacial score (nSPS) is 10.4. The third kappa shape index (κ3) is 4.36. The van der Waals surface area contributed by atoms with E-state index < -0.39 is 5.97 Å². The number of pyridine rings is 1. The molecule has 150 valence electrons. The van der Waals surface area contributed by atoms with Crippen LogP contribution in [-0.4, -0.2) is 33.9 Å². The van der Waals surface area contributed by atoms with Crippen molar-refractivity contribution in [3.05, 3.63) is 77.7 Å². The largest absolute Gasteiger partial charge is 0.464 e. The molecule has 0 unspecified atom stereocenters. The van der Waals surface area contributed by atoms with Crippen LogP contribution in [-0.2, 0) is 4.74 Å². The number of thiazole rings is 1. The highest BCUT2D eigenvalue weighted by atomic mass is 32.1. The van der Waals surface area contributed by atoms with Gasteiger partial charge in [0, 0.05) is 28.9 Å². The van der Waals surface area contributed by atoms with Gasteiger partial charge in [-0.25, -0.2) is 9.78 Å². The van der Waals surface area contributed by atoms with Crippen molar-refractivity contribution in [1.82, 2.24) is 15.0 Å². The molecule has 0 saturated carbocycles. The summed E-state index contributed by atoms with van der Waals surface area (Å²) in [4.78, 5) is 35.3. The summed E-state index contributed by atoms with van der Waals surface area (Å²) < 4.78 is 10.3. The van der Waals surface area contributed by atoms with Crippen molar-refractivity contribution in [2.75, 3.05) is 12.4 Å². The molecule has 4 rings (SSSR count). The number of nitrogens with zero attached hydrogens (tertiary/aromatic N) is 2. The topological polar surface area (TPSA) is 106 Å². The molecule has 0 atom stereocenters. The monoisotopic (exact) mass is 420 g/mol. The first kappa shape index (κ1) is 19.3. The van der Waals surface area contributed by atoms with Crippen LogP contribution in [0.5, 0.6) is 11.5 Å². The van der Waals surface area contributed by atoms with E-state index in [9.17, 15) is 9.59 Å². The number of amides is 1. The number of aromatic nitrogens is 3. The molecule has 2 N–H and O–H groups in total. The molecule has 1 aromatic carbocycles. The van der Waals surface area contributed by atoms with Crippen molar-refractivity contribution in [2.24, 2.45) is 0 Å². The summed E-state index contributed by atoms with van der Waals surface area (Å²) in [7, 11) is 1.32. The molecule has 0 saturated heterocycles. The van der Waals surface area contributed by atoms with Crippen LogP contribution in [0.3, 0.4) is 0 Å². The zero-order chi connectivity index (χ0) is 20.9. The Hall–Kier alpha value is -3.98. The summed E-state index contributed by atoms with van der Waals surface area (Å²) in [5, 5.41) is 5.02. The number of hydrogen-bond acceptors (Lipinski definition) is 7. The molecule has 0 spiro atoms. The molecule has 0 radical (unpaired) electrons. The summed E-state index contributed by atoms with van der Waals surface area (Å²) in [6, 6.07) is 12.0. The molecular weight excluding hydrogens is 404 g/mol. The first-order chi connectivity index (χ1) is 14.6. The lowest BCUT2D eigenvalue weighted by atomic mass is 10.2. The predicted octanol–water partition coefficient (Wildman–Crippen LogP) is 4.36. The Kier molecular flexibility index (Phi) is 5.53. The van der Waals surface area contributed by atoms with Gasteiger partial charge in [-0.15, -0.1) is 11.3 Å². The predicted molar refractivity (Wildman–Crippen MR) is 112 cm³/mol. The number of methoxy groups -OCH3 is 1. The molecule has 0 aliphatic rings. The van der Waals surface area contributed by atoms with Crippen LogP contribution in [0.4, 0.5) is 5.13 Å². The third-order valence-corrected chi connectivity index (χ3v) is 4.85. The Morgan fingerprint density at radius 1 is 1.13 bits per heavy atom. The highest BCUT2D eigenvalue weighted by Crippen LogP contribution is 2.26. The van der Waals surface area contributed by atoms with Crippen molar-refractivity contribution >= 4 is 28.3 Å². The molecule has 0 aliphatic carbocycles. The summed E-state index contributed by atoms with van der Waals surface area (Å²) in [5.74, 6) is 0.476. The molecule has 3 aromatic heterocycles. The Bertz CT molecular complexity index is 1170. The second-order valence-corrected chi connectivity index (χ2v) is 6.96. The van der Waals surface area contributed by atoms with Crippen LogP contribution < -0.4 is 10.1 Å². The molecule has 0 fully saturated rings. The molecule has 8 nitrogen and oxygen atoms in total. The van der Waals surface area contributed by atoms with E-state index in [0.717, 1.165) is 5.56 Å². The highest BCUT2D eigenvalue weighted by Gasteiger charge is 2.13. The van der Waals surface area contributed by atoms with E-state index in [4.69, 9.17) is 4.74 Å². The van der Waals surface area contributed by atoms with Gasteiger partial charge in [-0.2, -0.15) is 0 Å². The number of nitrogens with one attached hydrogen (secondary N) is 2. The zero-order valence-electron chi connectivity index (χ0n) is 15.8. The average Bonchev–Trinajstić information content (AvgIpc) is 3.44. The van der Waals surface area contributed by atoms with Crippen molar-refractivity contribution < 1.29 is 19.1 Å². The maximum atomic E-state index is 12.5. The van der Waals surface area contributed by atoms with Gasteiger partial charge in [0.25, 0.3) is 5.91 Å². The number of hydrogen-bond donors (Lipinski definition) is 2. The lowest BCUT2D eigenvalue weighted by Gasteiger charge is -2.06. The minimum Gasteiger partial charge on any atom is -0.464 e. The number of ether oxygens (including phenoxy) is 2. The Morgan fingerprint density at radius 2 is 1.97 bits per heavy atom. The molecule has 4 aromatic rings. The molecule has 30 heavy (non-hydrogen) atoms. The number of H-pyrrole nitrogens is 1. The lowest BCUT2D eigenvalue weighted by molar-refractivity contribution is 0.0594. The van der Waals surface area contributed by atoms with E-state index in [1.54, 1.807) is 66.4 Å². The van der Waals surface area contributed by atoms with E-state index in [-0.39, 0.29) is 5.91 Å². The van der Waals surface area contributed by atoms with Crippen LogP contribution in [0.2, 0.25) is 0 Å². The summed E-state index contributed by atoms with van der Waals surface area (Å²) in [6.45, 7) is 0. The standard InChI is InChI=1S/C21H16N4O4S/c1-28-20(27)17-9-14(10-23-17)18-12-30-21(24-18)25-19(26)13-4-6-15(7-5-13)29-16-3-2-8-22-11-16/h2-12,23H,1H3,(H,24,25,26). The van der Waals surface area contributed by atoms with Crippen molar-refractivity contribution in [3.8, 4) is 22.8 Å². The molecule has 0 bridgehead atoms. The maximum absolute atomic E-state index is 12.5. The molecular formula is C21H16N4O4S. The first-order valence-corrected chi connectivity index (χ1v) is 9.72. The number of aromatic amines is 1. The number of benzene rings is 1. The van der Waals surface area contributed by atoms with E-state index in [1.807, 2.05) is 0 Å². The van der Waals surface area contributed by atoms with Gasteiger partial charge < -0.3 is 14.5 Å². The maximum Gasteiger partial charge on any atom is 0.354 e. The van der Waals surface area contributed by atoms with Crippen LogP contribution in [0.1, 0.15) is 20.8 Å². The van der Waals surface area contributed by atoms with Gasteiger partial charge >= 0.3 is 5.97 Å². The van der Waals surface area contributed by atoms with Gasteiger partial charge in [-0.1, -0.05) is 0 Å². The van der Waals surface area contributed by atoms with Gasteiger partial charge in [-0.3, -0.25) is 15.1 Å². The Morgan fingerprint density at radius 3 is 2.70 bits per heavy atom. The molecule has 0 aliphatic heterocycles. The smallest absolute Gasteiger partial charge is 0.354 e. The van der Waals surface area contributed by atoms with E-state index in [1.165, 1.54) is 18.4 Å². The van der Waals surface area contributed by atoms with E-state index in [0.29, 0.717) is 33.6 Å². The van der Waals surface area contributed by atoms with E-state index >= 15 is 0 Å². The summed E-state index contributed by atoms with van der Waals surface area (Å²) >= 11 is 1.29. The molecule has 1 amide bonds. The van der Waals surface area contributed by atoms with Gasteiger partial charge in [0.15, 0.2) is 5.13 Å². The minimum absolute atomic E-state index is 0.284. The van der Waals surface area contributed by atoms with Crippen LogP contribution >= 0.6 is 11.3 Å². The number of carbonyl (C=O) groups excluding carboxylic acids is 2. The van der Waals surface area contributed by atoms with Gasteiger partial charge in [-0.05, 0) is 42.5 Å². The third-order valence-electron chi connectivity index (χ3n) is 4.10. The van der Waals surface area contributed by atoms with Gasteiger partial charge in [0.05, 0.1) is 19.0 Å². The van der Waals surface area contributed by atoms with Gasteiger partial charge in [0.1, 0.15) is 17.2 Å². The number of rotatable bonds is 6. The number of esters is 1. The van der Waals surface area contributed by atoms with Gasteiger partial charge in [0.2, 0.25) is 0 Å². The van der Waals surface area contributed by atoms with Crippen molar-refractivity contribution in [1.29, 1.82) is 0 Å². The Labute approximate surface area is 175 Å².